The second-order valence-corrected chi connectivity index (χ2v) is 11.0. The lowest BCUT2D eigenvalue weighted by molar-refractivity contribution is -0.633. The van der Waals surface area contributed by atoms with Crippen LogP contribution in [0.5, 0.6) is 0 Å². The molecule has 1 aliphatic carbocycles. The Morgan fingerprint density at radius 2 is 1.33 bits per heavy atom. The number of benzene rings is 4. The third kappa shape index (κ3) is 3.35. The van der Waals surface area contributed by atoms with Gasteiger partial charge in [-0.1, -0.05) is 88.4 Å². The van der Waals surface area contributed by atoms with Crippen LogP contribution in [0.2, 0.25) is 0 Å². The second kappa shape index (κ2) is 8.48. The molecular formula is C34H35N2+. The van der Waals surface area contributed by atoms with Crippen molar-refractivity contribution in [1.82, 2.24) is 4.57 Å². The molecule has 5 aromatic rings. The van der Waals surface area contributed by atoms with Crippen LogP contribution in [0.1, 0.15) is 67.3 Å². The Morgan fingerprint density at radius 3 is 2.00 bits per heavy atom. The number of para-hydroxylation sites is 1. The molecule has 1 heterocycles. The van der Waals surface area contributed by atoms with Crippen LogP contribution in [0.3, 0.4) is 0 Å². The number of aromatic nitrogens is 2. The molecule has 0 spiro atoms. The van der Waals surface area contributed by atoms with Gasteiger partial charge in [0, 0.05) is 11.1 Å². The summed E-state index contributed by atoms with van der Waals surface area (Å²) in [7, 11) is 2.24. The Balaban J connectivity index is 1.78. The van der Waals surface area contributed by atoms with Gasteiger partial charge in [0.25, 0.3) is 5.82 Å². The lowest BCUT2D eigenvalue weighted by atomic mass is 9.92. The van der Waals surface area contributed by atoms with Gasteiger partial charge in [0.2, 0.25) is 0 Å². The summed E-state index contributed by atoms with van der Waals surface area (Å²) in [6.45, 7) is 11.5. The van der Waals surface area contributed by atoms with Crippen molar-refractivity contribution in [3.8, 4) is 28.2 Å². The molecule has 0 N–H and O–H groups in total. The zero-order chi connectivity index (χ0) is 25.1. The molecule has 0 saturated heterocycles. The largest absolute Gasteiger partial charge is 0.295 e. The zero-order valence-corrected chi connectivity index (χ0v) is 22.3. The highest BCUT2D eigenvalue weighted by molar-refractivity contribution is 5.89. The Bertz CT molecular complexity index is 1610. The lowest BCUT2D eigenvalue weighted by Gasteiger charge is -2.18. The molecule has 0 radical (unpaired) electrons. The van der Waals surface area contributed by atoms with Crippen LogP contribution in [0.25, 0.3) is 39.2 Å². The van der Waals surface area contributed by atoms with Gasteiger partial charge in [-0.25, -0.2) is 4.57 Å². The van der Waals surface area contributed by atoms with Gasteiger partial charge in [-0.2, -0.15) is 4.57 Å². The van der Waals surface area contributed by atoms with E-state index in [-0.39, 0.29) is 0 Å². The fourth-order valence-electron chi connectivity index (χ4n) is 6.11. The van der Waals surface area contributed by atoms with Gasteiger partial charge >= 0.3 is 0 Å². The average molecular weight is 472 g/mol. The quantitative estimate of drug-likeness (QED) is 0.229. The van der Waals surface area contributed by atoms with Crippen molar-refractivity contribution in [3.05, 3.63) is 107 Å². The van der Waals surface area contributed by atoms with Gasteiger partial charge in [-0.15, -0.1) is 0 Å². The summed E-state index contributed by atoms with van der Waals surface area (Å²) >= 11 is 0. The van der Waals surface area contributed by atoms with E-state index in [0.29, 0.717) is 11.8 Å². The molecule has 2 heteroatoms. The van der Waals surface area contributed by atoms with E-state index in [0.717, 1.165) is 6.42 Å². The normalized spacial score (nSPS) is 12.6. The van der Waals surface area contributed by atoms with E-state index in [1.807, 2.05) is 0 Å². The van der Waals surface area contributed by atoms with Crippen molar-refractivity contribution in [2.75, 3.05) is 0 Å². The Morgan fingerprint density at radius 1 is 0.694 bits per heavy atom. The van der Waals surface area contributed by atoms with Gasteiger partial charge in [0.05, 0.1) is 12.6 Å². The van der Waals surface area contributed by atoms with E-state index < -0.39 is 0 Å². The van der Waals surface area contributed by atoms with Gasteiger partial charge in [-0.3, -0.25) is 0 Å². The van der Waals surface area contributed by atoms with Crippen molar-refractivity contribution >= 4 is 11.0 Å². The number of imidazole rings is 1. The first-order valence-electron chi connectivity index (χ1n) is 13.2. The maximum Gasteiger partial charge on any atom is 0.295 e. The highest BCUT2D eigenvalue weighted by Crippen LogP contribution is 2.42. The number of fused-ring (bicyclic) bond motifs is 4. The van der Waals surface area contributed by atoms with E-state index in [1.54, 1.807) is 0 Å². The van der Waals surface area contributed by atoms with E-state index in [2.05, 4.69) is 130 Å². The Labute approximate surface area is 214 Å². The molecule has 0 saturated carbocycles. The molecule has 0 amide bonds. The Kier molecular flexibility index (Phi) is 5.37. The standard InChI is InChI=1S/C34H35N2/c1-21(2)26-16-11-17-27(22(3)4)33(26)36-32-19-25-18-24-13-8-10-15-29(24)30(25)20-31(32)35(6)34(36)28-14-9-7-12-23(28)5/h7-17,19-22H,18H2,1-6H3/q+1. The summed E-state index contributed by atoms with van der Waals surface area (Å²) in [6.07, 6.45) is 0.999. The third-order valence-electron chi connectivity index (χ3n) is 7.97. The molecule has 0 bridgehead atoms. The Hall–Kier alpha value is -3.65. The minimum absolute atomic E-state index is 0.421. The number of hydrogen-bond acceptors (Lipinski definition) is 0. The maximum atomic E-state index is 2.58. The van der Waals surface area contributed by atoms with Crippen molar-refractivity contribution in [2.45, 2.75) is 52.9 Å². The van der Waals surface area contributed by atoms with E-state index in [4.69, 9.17) is 0 Å². The average Bonchev–Trinajstić information content (AvgIpc) is 3.36. The van der Waals surface area contributed by atoms with Crippen molar-refractivity contribution in [1.29, 1.82) is 0 Å². The molecule has 0 fully saturated rings. The molecule has 1 aromatic heterocycles. The summed E-state index contributed by atoms with van der Waals surface area (Å²) in [5.74, 6) is 2.09. The molecule has 0 aliphatic heterocycles. The van der Waals surface area contributed by atoms with Gasteiger partial charge < -0.3 is 0 Å². The van der Waals surface area contributed by atoms with Crippen LogP contribution in [-0.4, -0.2) is 4.57 Å². The fraction of sp³-hybridized carbons (Fsp3) is 0.265. The third-order valence-corrected chi connectivity index (χ3v) is 7.97. The van der Waals surface area contributed by atoms with Gasteiger partial charge in [-0.05, 0) is 71.2 Å². The molecule has 180 valence electrons. The maximum absolute atomic E-state index is 2.58. The van der Waals surface area contributed by atoms with Crippen LogP contribution in [0, 0.1) is 6.92 Å². The number of aryl methyl sites for hydroxylation is 2. The highest BCUT2D eigenvalue weighted by Gasteiger charge is 2.33. The van der Waals surface area contributed by atoms with E-state index in [9.17, 15) is 0 Å². The summed E-state index contributed by atoms with van der Waals surface area (Å²) in [5.41, 5.74) is 14.9. The molecule has 0 atom stereocenters. The lowest BCUT2D eigenvalue weighted by Crippen LogP contribution is -2.30. The van der Waals surface area contributed by atoms with Crippen molar-refractivity contribution < 1.29 is 4.57 Å². The van der Waals surface area contributed by atoms with Crippen molar-refractivity contribution in [3.63, 3.8) is 0 Å². The first-order valence-corrected chi connectivity index (χ1v) is 13.2. The monoisotopic (exact) mass is 471 g/mol. The SMILES string of the molecule is Cc1ccccc1-c1n(-c2c(C(C)C)cccc2C(C)C)c2cc3c(cc2[n+]1C)-c1ccccc1C3. The summed E-state index contributed by atoms with van der Waals surface area (Å²) < 4.78 is 4.99. The predicted molar refractivity (Wildman–Crippen MR) is 151 cm³/mol. The predicted octanol–water partition coefficient (Wildman–Crippen LogP) is 8.25. The molecule has 4 aromatic carbocycles. The zero-order valence-electron chi connectivity index (χ0n) is 22.3. The minimum Gasteiger partial charge on any atom is -0.225 e. The number of rotatable bonds is 4. The molecule has 1 aliphatic rings. The fourth-order valence-corrected chi connectivity index (χ4v) is 6.11. The smallest absolute Gasteiger partial charge is 0.225 e. The van der Waals surface area contributed by atoms with Crippen LogP contribution >= 0.6 is 0 Å². The molecule has 36 heavy (non-hydrogen) atoms. The molecular weight excluding hydrogens is 436 g/mol. The van der Waals surface area contributed by atoms with Crippen LogP contribution in [0.4, 0.5) is 0 Å². The molecule has 0 unspecified atom stereocenters. The second-order valence-electron chi connectivity index (χ2n) is 11.0. The number of hydrogen-bond donors (Lipinski definition) is 0. The first-order chi connectivity index (χ1) is 17.4. The van der Waals surface area contributed by atoms with E-state index >= 15 is 0 Å². The minimum atomic E-state index is 0.421. The van der Waals surface area contributed by atoms with Gasteiger partial charge in [0.1, 0.15) is 5.69 Å². The molecule has 6 rings (SSSR count). The molecule has 2 nitrogen and oxygen atoms in total. The van der Waals surface area contributed by atoms with Crippen LogP contribution in [0.15, 0.2) is 78.9 Å². The summed E-state index contributed by atoms with van der Waals surface area (Å²) in [4.78, 5) is 0. The highest BCUT2D eigenvalue weighted by atomic mass is 15.2. The van der Waals surface area contributed by atoms with Crippen molar-refractivity contribution in [2.24, 2.45) is 7.05 Å². The topological polar surface area (TPSA) is 8.81 Å². The van der Waals surface area contributed by atoms with Gasteiger partial charge in [0.15, 0.2) is 11.0 Å². The van der Waals surface area contributed by atoms with E-state index in [1.165, 1.54) is 67.1 Å². The summed E-state index contributed by atoms with van der Waals surface area (Å²) in [6, 6.07) is 29.5. The van der Waals surface area contributed by atoms with Crippen LogP contribution in [-0.2, 0) is 13.5 Å². The number of nitrogens with zero attached hydrogens (tertiary/aromatic N) is 2. The van der Waals surface area contributed by atoms with Crippen LogP contribution < -0.4 is 4.57 Å². The summed E-state index contributed by atoms with van der Waals surface area (Å²) in [5, 5.41) is 0. The first kappa shape index (κ1) is 22.8.